The zero-order chi connectivity index (χ0) is 22.0. The van der Waals surface area contributed by atoms with E-state index in [9.17, 15) is 14.4 Å². The first kappa shape index (κ1) is 20.5. The zero-order valence-electron chi connectivity index (χ0n) is 17.3. The molecular weight excluding hydrogens is 392 g/mol. The van der Waals surface area contributed by atoms with Gasteiger partial charge >= 0.3 is 0 Å². The summed E-state index contributed by atoms with van der Waals surface area (Å²) in [6.45, 7) is 0. The van der Waals surface area contributed by atoms with Crippen molar-refractivity contribution in [2.24, 2.45) is 5.92 Å². The fourth-order valence-corrected chi connectivity index (χ4v) is 4.28. The Hall–Kier alpha value is -3.73. The largest absolute Gasteiger partial charge is 0.493 e. The average molecular weight is 414 g/mol. The molecule has 0 saturated carbocycles. The molecule has 156 valence electrons. The highest BCUT2D eigenvalue weighted by Crippen LogP contribution is 2.48. The predicted octanol–water partition coefficient (Wildman–Crippen LogP) is 4.76. The summed E-state index contributed by atoms with van der Waals surface area (Å²) in [6, 6.07) is 21.1. The summed E-state index contributed by atoms with van der Waals surface area (Å²) in [5.74, 6) is -1.62. The maximum Gasteiger partial charge on any atom is 0.178 e. The summed E-state index contributed by atoms with van der Waals surface area (Å²) in [5, 5.41) is 0. The minimum atomic E-state index is -0.994. The molecule has 0 N–H and O–H groups in total. The highest BCUT2D eigenvalue weighted by molar-refractivity contribution is 6.21. The van der Waals surface area contributed by atoms with Crippen LogP contribution in [0.5, 0.6) is 11.5 Å². The van der Waals surface area contributed by atoms with E-state index < -0.39 is 11.8 Å². The number of rotatable bonds is 7. The lowest BCUT2D eigenvalue weighted by molar-refractivity contribution is 0.0793. The van der Waals surface area contributed by atoms with Crippen molar-refractivity contribution in [1.82, 2.24) is 0 Å². The fraction of sp³-hybridized carbons (Fsp3) is 0.192. The molecule has 0 spiro atoms. The molecule has 0 fully saturated rings. The number of ether oxygens (including phenoxy) is 2. The lowest BCUT2D eigenvalue weighted by atomic mass is 9.82. The van der Waals surface area contributed by atoms with Crippen molar-refractivity contribution in [2.45, 2.75) is 12.3 Å². The van der Waals surface area contributed by atoms with E-state index in [4.69, 9.17) is 9.47 Å². The number of methoxy groups -OCH3 is 2. The normalized spacial score (nSPS) is 17.2. The van der Waals surface area contributed by atoms with Crippen molar-refractivity contribution in [3.63, 3.8) is 0 Å². The van der Waals surface area contributed by atoms with Crippen LogP contribution < -0.4 is 9.47 Å². The molecule has 2 atom stereocenters. The van der Waals surface area contributed by atoms with Crippen LogP contribution in [0.1, 0.15) is 49.0 Å². The topological polar surface area (TPSA) is 69.7 Å². The quantitative estimate of drug-likeness (QED) is 0.412. The van der Waals surface area contributed by atoms with Crippen LogP contribution in [-0.4, -0.2) is 31.6 Å². The van der Waals surface area contributed by atoms with Gasteiger partial charge in [0, 0.05) is 23.5 Å². The van der Waals surface area contributed by atoms with Gasteiger partial charge in [0.05, 0.1) is 25.7 Å². The smallest absolute Gasteiger partial charge is 0.178 e. The Bertz CT molecular complexity index is 1140. The van der Waals surface area contributed by atoms with E-state index in [1.165, 1.54) is 14.2 Å². The Morgan fingerprint density at radius 2 is 1.42 bits per heavy atom. The third kappa shape index (κ3) is 3.63. The molecular formula is C26H22O5. The summed E-state index contributed by atoms with van der Waals surface area (Å²) in [6.07, 6.45) is 0.0431. The van der Waals surface area contributed by atoms with Gasteiger partial charge in [-0.05, 0) is 11.6 Å². The number of fused-ring (bicyclic) bond motifs is 1. The Balaban J connectivity index is 1.81. The van der Waals surface area contributed by atoms with Gasteiger partial charge in [0.15, 0.2) is 28.8 Å². The van der Waals surface area contributed by atoms with Gasteiger partial charge in [-0.1, -0.05) is 66.7 Å². The molecule has 0 amide bonds. The summed E-state index contributed by atoms with van der Waals surface area (Å²) < 4.78 is 10.8. The molecule has 0 saturated heterocycles. The zero-order valence-corrected chi connectivity index (χ0v) is 17.3. The van der Waals surface area contributed by atoms with Crippen molar-refractivity contribution in [1.29, 1.82) is 0 Å². The highest BCUT2D eigenvalue weighted by atomic mass is 16.5. The number of hydrogen-bond acceptors (Lipinski definition) is 5. The molecule has 5 nitrogen and oxygen atoms in total. The lowest BCUT2D eigenvalue weighted by Gasteiger charge is -2.18. The van der Waals surface area contributed by atoms with Crippen molar-refractivity contribution in [3.05, 3.63) is 95.1 Å². The van der Waals surface area contributed by atoms with Gasteiger partial charge in [-0.25, -0.2) is 0 Å². The Morgan fingerprint density at radius 1 is 0.806 bits per heavy atom. The second kappa shape index (κ2) is 8.56. The number of Topliss-reactive ketones (excluding diaryl/α,β-unsaturated/α-hetero) is 3. The van der Waals surface area contributed by atoms with E-state index in [1.54, 1.807) is 60.7 Å². The second-order valence-corrected chi connectivity index (χ2v) is 7.44. The van der Waals surface area contributed by atoms with Gasteiger partial charge < -0.3 is 9.47 Å². The van der Waals surface area contributed by atoms with Crippen LogP contribution in [0.4, 0.5) is 0 Å². The van der Waals surface area contributed by atoms with Gasteiger partial charge in [-0.2, -0.15) is 0 Å². The van der Waals surface area contributed by atoms with Gasteiger partial charge in [-0.15, -0.1) is 0 Å². The minimum absolute atomic E-state index is 0.0431. The number of benzene rings is 3. The van der Waals surface area contributed by atoms with E-state index in [1.807, 2.05) is 12.1 Å². The third-order valence-corrected chi connectivity index (χ3v) is 5.75. The molecule has 31 heavy (non-hydrogen) atoms. The number of ketones is 3. The van der Waals surface area contributed by atoms with Crippen molar-refractivity contribution < 1.29 is 23.9 Å². The molecule has 1 aliphatic rings. The Labute approximate surface area is 180 Å². The van der Waals surface area contributed by atoms with Gasteiger partial charge in [-0.3, -0.25) is 14.4 Å². The monoisotopic (exact) mass is 414 g/mol. The van der Waals surface area contributed by atoms with E-state index in [0.29, 0.717) is 33.8 Å². The van der Waals surface area contributed by atoms with E-state index >= 15 is 0 Å². The standard InChI is InChI=1S/C26H22O5/c1-30-21-14-13-18-19(15-20(27)16-9-5-3-6-10-16)22(25(29)23(18)26(21)31-2)24(28)17-11-7-4-8-12-17/h3-14,19,22H,15H2,1-2H3/t19-,22-/m0/s1. The van der Waals surface area contributed by atoms with Crippen LogP contribution >= 0.6 is 0 Å². The molecule has 0 aliphatic heterocycles. The van der Waals surface area contributed by atoms with Crippen molar-refractivity contribution in [2.75, 3.05) is 14.2 Å². The Morgan fingerprint density at radius 3 is 2.00 bits per heavy atom. The first-order valence-electron chi connectivity index (χ1n) is 10.0. The molecule has 3 aromatic carbocycles. The molecule has 4 rings (SSSR count). The van der Waals surface area contributed by atoms with Crippen LogP contribution in [0.3, 0.4) is 0 Å². The van der Waals surface area contributed by atoms with Crippen LogP contribution in [0.15, 0.2) is 72.8 Å². The van der Waals surface area contributed by atoms with Gasteiger partial charge in [0.25, 0.3) is 0 Å². The van der Waals surface area contributed by atoms with Crippen LogP contribution in [-0.2, 0) is 0 Å². The summed E-state index contributed by atoms with van der Waals surface area (Å²) >= 11 is 0. The van der Waals surface area contributed by atoms with Crippen LogP contribution in [0, 0.1) is 5.92 Å². The number of hydrogen-bond donors (Lipinski definition) is 0. The SMILES string of the molecule is COc1ccc2c(c1OC)C(=O)[C@H](C(=O)c1ccccc1)[C@H]2CC(=O)c1ccccc1. The highest BCUT2D eigenvalue weighted by Gasteiger charge is 2.47. The molecule has 0 unspecified atom stereocenters. The Kier molecular flexibility index (Phi) is 5.67. The summed E-state index contributed by atoms with van der Waals surface area (Å²) in [5.41, 5.74) is 1.95. The van der Waals surface area contributed by atoms with Gasteiger partial charge in [0.2, 0.25) is 0 Å². The van der Waals surface area contributed by atoms with E-state index in [-0.39, 0.29) is 23.8 Å². The molecule has 5 heteroatoms. The third-order valence-electron chi connectivity index (χ3n) is 5.75. The predicted molar refractivity (Wildman–Crippen MR) is 116 cm³/mol. The first-order chi connectivity index (χ1) is 15.1. The van der Waals surface area contributed by atoms with Crippen molar-refractivity contribution in [3.8, 4) is 11.5 Å². The van der Waals surface area contributed by atoms with Gasteiger partial charge in [0.1, 0.15) is 0 Å². The molecule has 0 radical (unpaired) electrons. The first-order valence-corrected chi connectivity index (χ1v) is 10.0. The summed E-state index contributed by atoms with van der Waals surface area (Å²) in [7, 11) is 2.95. The maximum absolute atomic E-state index is 13.5. The van der Waals surface area contributed by atoms with E-state index in [2.05, 4.69) is 0 Å². The molecule has 0 bridgehead atoms. The fourth-order valence-electron chi connectivity index (χ4n) is 4.28. The number of carbonyl (C=O) groups is 3. The minimum Gasteiger partial charge on any atom is -0.493 e. The van der Waals surface area contributed by atoms with Crippen LogP contribution in [0.2, 0.25) is 0 Å². The second-order valence-electron chi connectivity index (χ2n) is 7.44. The maximum atomic E-state index is 13.5. The van der Waals surface area contributed by atoms with E-state index in [0.717, 1.165) is 0 Å². The number of carbonyl (C=O) groups excluding carboxylic acids is 3. The molecule has 0 aromatic heterocycles. The lowest BCUT2D eigenvalue weighted by Crippen LogP contribution is -2.26. The molecule has 3 aromatic rings. The summed E-state index contributed by atoms with van der Waals surface area (Å²) in [4.78, 5) is 39.9. The van der Waals surface area contributed by atoms with Crippen molar-refractivity contribution >= 4 is 17.3 Å². The van der Waals surface area contributed by atoms with Crippen LogP contribution in [0.25, 0.3) is 0 Å². The molecule has 0 heterocycles. The molecule has 1 aliphatic carbocycles. The average Bonchev–Trinajstić information content (AvgIpc) is 3.10.